The Labute approximate surface area is 124 Å². The van der Waals surface area contributed by atoms with Crippen molar-refractivity contribution in [1.82, 2.24) is 0 Å². The summed E-state index contributed by atoms with van der Waals surface area (Å²) in [6.45, 7) is 0. The summed E-state index contributed by atoms with van der Waals surface area (Å²) < 4.78 is 24.8. The highest BCUT2D eigenvalue weighted by molar-refractivity contribution is 7.92. The highest BCUT2D eigenvalue weighted by atomic mass is 32.2. The number of nitrogens with zero attached hydrogens (tertiary/aromatic N) is 2. The number of nitriles is 2. The number of allylic oxidation sites excluding steroid dienone is 1. The summed E-state index contributed by atoms with van der Waals surface area (Å²) in [5.41, 5.74) is 0.584. The summed E-state index contributed by atoms with van der Waals surface area (Å²) in [6.07, 6.45) is 4.71. The number of anilines is 1. The largest absolute Gasteiger partial charge is 0.360 e. The molecule has 21 heavy (non-hydrogen) atoms. The number of rotatable bonds is 4. The molecule has 6 heteroatoms. The fourth-order valence-electron chi connectivity index (χ4n) is 2.38. The SMILES string of the molecule is N#CC(C#N)=CNc1ccc(S(=O)(=O)C2CCCC2)cc1. The maximum absolute atomic E-state index is 12.4. The van der Waals surface area contributed by atoms with Gasteiger partial charge in [0.25, 0.3) is 0 Å². The molecule has 0 atom stereocenters. The van der Waals surface area contributed by atoms with Crippen molar-refractivity contribution in [2.75, 3.05) is 5.32 Å². The summed E-state index contributed by atoms with van der Waals surface area (Å²) in [7, 11) is -3.24. The second-order valence-electron chi connectivity index (χ2n) is 4.90. The molecule has 1 aliphatic rings. The molecule has 0 radical (unpaired) electrons. The number of hydrogen-bond acceptors (Lipinski definition) is 5. The number of hydrogen-bond donors (Lipinski definition) is 1. The van der Waals surface area contributed by atoms with Crippen LogP contribution in [0.1, 0.15) is 25.7 Å². The predicted molar refractivity (Wildman–Crippen MR) is 78.8 cm³/mol. The van der Waals surface area contributed by atoms with E-state index in [-0.39, 0.29) is 10.8 Å². The molecule has 0 saturated heterocycles. The van der Waals surface area contributed by atoms with Crippen molar-refractivity contribution in [2.24, 2.45) is 0 Å². The van der Waals surface area contributed by atoms with Gasteiger partial charge in [-0.05, 0) is 37.1 Å². The van der Waals surface area contributed by atoms with Crippen LogP contribution >= 0.6 is 0 Å². The van der Waals surface area contributed by atoms with Crippen molar-refractivity contribution >= 4 is 15.5 Å². The monoisotopic (exact) mass is 301 g/mol. The topological polar surface area (TPSA) is 93.8 Å². The van der Waals surface area contributed by atoms with Gasteiger partial charge in [0.2, 0.25) is 0 Å². The summed E-state index contributed by atoms with van der Waals surface area (Å²) in [6, 6.07) is 9.85. The van der Waals surface area contributed by atoms with Gasteiger partial charge in [0.05, 0.1) is 10.1 Å². The quantitative estimate of drug-likeness (QED) is 0.863. The first-order chi connectivity index (χ1) is 10.1. The molecule has 1 N–H and O–H groups in total. The summed E-state index contributed by atoms with van der Waals surface area (Å²) in [5.74, 6) is 0. The molecule has 0 amide bonds. The molecule has 1 aromatic carbocycles. The zero-order chi connectivity index (χ0) is 15.3. The zero-order valence-corrected chi connectivity index (χ0v) is 12.2. The Morgan fingerprint density at radius 3 is 2.24 bits per heavy atom. The van der Waals surface area contributed by atoms with E-state index in [0.717, 1.165) is 25.7 Å². The van der Waals surface area contributed by atoms with Gasteiger partial charge in [-0.2, -0.15) is 10.5 Å². The molecular formula is C15H15N3O2S. The molecule has 0 unspecified atom stereocenters. The first-order valence-electron chi connectivity index (χ1n) is 6.69. The van der Waals surface area contributed by atoms with Gasteiger partial charge in [-0.25, -0.2) is 8.42 Å². The lowest BCUT2D eigenvalue weighted by atomic mass is 10.3. The zero-order valence-electron chi connectivity index (χ0n) is 11.4. The lowest BCUT2D eigenvalue weighted by molar-refractivity contribution is 0.579. The third-order valence-corrected chi connectivity index (χ3v) is 5.83. The van der Waals surface area contributed by atoms with Gasteiger partial charge in [-0.15, -0.1) is 0 Å². The summed E-state index contributed by atoms with van der Waals surface area (Å²) in [5, 5.41) is 19.8. The van der Waals surface area contributed by atoms with Crippen LogP contribution in [0.3, 0.4) is 0 Å². The maximum Gasteiger partial charge on any atom is 0.181 e. The number of benzene rings is 1. The van der Waals surface area contributed by atoms with Crippen molar-refractivity contribution in [1.29, 1.82) is 10.5 Å². The first kappa shape index (κ1) is 15.1. The average Bonchev–Trinajstić information content (AvgIpc) is 3.04. The Morgan fingerprint density at radius 1 is 1.14 bits per heavy atom. The maximum atomic E-state index is 12.4. The van der Waals surface area contributed by atoms with E-state index >= 15 is 0 Å². The summed E-state index contributed by atoms with van der Waals surface area (Å²) >= 11 is 0. The minimum atomic E-state index is -3.24. The predicted octanol–water partition coefficient (Wildman–Crippen LogP) is 2.75. The highest BCUT2D eigenvalue weighted by Gasteiger charge is 2.29. The third kappa shape index (κ3) is 3.42. The fourth-order valence-corrected chi connectivity index (χ4v) is 4.23. The Balaban J connectivity index is 2.14. The van der Waals surface area contributed by atoms with Crippen molar-refractivity contribution in [3.8, 4) is 12.1 Å². The lowest BCUT2D eigenvalue weighted by Crippen LogP contribution is -2.17. The Morgan fingerprint density at radius 2 is 1.71 bits per heavy atom. The van der Waals surface area contributed by atoms with Crippen molar-refractivity contribution in [2.45, 2.75) is 35.8 Å². The van der Waals surface area contributed by atoms with E-state index in [1.54, 1.807) is 36.4 Å². The van der Waals surface area contributed by atoms with Crippen LogP contribution in [0.4, 0.5) is 5.69 Å². The standard InChI is InChI=1S/C15H15N3O2S/c16-9-12(10-17)11-18-13-5-7-15(8-6-13)21(19,20)14-3-1-2-4-14/h5-8,11,14,18H,1-4H2. The average molecular weight is 301 g/mol. The van der Waals surface area contributed by atoms with Crippen LogP contribution in [-0.4, -0.2) is 13.7 Å². The van der Waals surface area contributed by atoms with Gasteiger partial charge in [-0.3, -0.25) is 0 Å². The first-order valence-corrected chi connectivity index (χ1v) is 8.23. The molecule has 0 aliphatic heterocycles. The second kappa shape index (κ2) is 6.43. The van der Waals surface area contributed by atoms with Crippen molar-refractivity contribution in [3.63, 3.8) is 0 Å². The van der Waals surface area contributed by atoms with Crippen molar-refractivity contribution in [3.05, 3.63) is 36.0 Å². The Hall–Kier alpha value is -2.31. The number of nitrogens with one attached hydrogen (secondary N) is 1. The van der Waals surface area contributed by atoms with Gasteiger partial charge < -0.3 is 5.32 Å². The molecule has 1 aliphatic carbocycles. The van der Waals surface area contributed by atoms with E-state index < -0.39 is 9.84 Å². The smallest absolute Gasteiger partial charge is 0.181 e. The third-order valence-electron chi connectivity index (χ3n) is 3.55. The van der Waals surface area contributed by atoms with E-state index in [4.69, 9.17) is 10.5 Å². The normalized spacial score (nSPS) is 15.0. The highest BCUT2D eigenvalue weighted by Crippen LogP contribution is 2.30. The molecule has 2 rings (SSSR count). The van der Waals surface area contributed by atoms with Crippen LogP contribution in [0.25, 0.3) is 0 Å². The van der Waals surface area contributed by atoms with Gasteiger partial charge >= 0.3 is 0 Å². The molecule has 0 aromatic heterocycles. The van der Waals surface area contributed by atoms with E-state index in [2.05, 4.69) is 5.32 Å². The van der Waals surface area contributed by atoms with Gasteiger partial charge in [0, 0.05) is 11.9 Å². The van der Waals surface area contributed by atoms with Gasteiger partial charge in [-0.1, -0.05) is 12.8 Å². The Kier molecular flexibility index (Phi) is 4.62. The lowest BCUT2D eigenvalue weighted by Gasteiger charge is -2.11. The minimum Gasteiger partial charge on any atom is -0.360 e. The molecular weight excluding hydrogens is 286 g/mol. The number of sulfone groups is 1. The molecule has 0 bridgehead atoms. The Bertz CT molecular complexity index is 700. The van der Waals surface area contributed by atoms with E-state index in [9.17, 15) is 8.42 Å². The molecule has 0 spiro atoms. The van der Waals surface area contributed by atoms with Crippen LogP contribution in [0, 0.1) is 22.7 Å². The molecule has 108 valence electrons. The molecule has 1 aromatic rings. The van der Waals surface area contributed by atoms with Crippen LogP contribution < -0.4 is 5.32 Å². The second-order valence-corrected chi connectivity index (χ2v) is 7.13. The fraction of sp³-hybridized carbons (Fsp3) is 0.333. The molecule has 1 fully saturated rings. The van der Waals surface area contributed by atoms with Crippen molar-refractivity contribution < 1.29 is 8.42 Å². The molecule has 5 nitrogen and oxygen atoms in total. The van der Waals surface area contributed by atoms with Crippen LogP contribution in [0.5, 0.6) is 0 Å². The van der Waals surface area contributed by atoms with E-state index in [0.29, 0.717) is 10.6 Å². The minimum absolute atomic E-state index is 0.0438. The van der Waals surface area contributed by atoms with Crippen LogP contribution in [0.2, 0.25) is 0 Å². The molecule has 0 heterocycles. The van der Waals surface area contributed by atoms with E-state index in [1.165, 1.54) is 6.20 Å². The molecule has 1 saturated carbocycles. The van der Waals surface area contributed by atoms with Gasteiger partial charge in [0.1, 0.15) is 17.7 Å². The van der Waals surface area contributed by atoms with Crippen LogP contribution in [-0.2, 0) is 9.84 Å². The van der Waals surface area contributed by atoms with Gasteiger partial charge in [0.15, 0.2) is 9.84 Å². The van der Waals surface area contributed by atoms with Crippen LogP contribution in [0.15, 0.2) is 40.9 Å². The van der Waals surface area contributed by atoms with E-state index in [1.807, 2.05) is 0 Å². The summed E-state index contributed by atoms with van der Waals surface area (Å²) in [4.78, 5) is 0.324.